The van der Waals surface area contributed by atoms with Crippen LogP contribution in [0.2, 0.25) is 0 Å². The molecule has 0 atom stereocenters. The molecule has 1 N–H and O–H groups in total. The Morgan fingerprint density at radius 1 is 1.15 bits per heavy atom. The van der Waals surface area contributed by atoms with E-state index in [4.69, 9.17) is 17.2 Å². The number of benzene rings is 1. The highest BCUT2D eigenvalue weighted by Gasteiger charge is 2.32. The lowest BCUT2D eigenvalue weighted by molar-refractivity contribution is -0.122. The van der Waals surface area contributed by atoms with Crippen LogP contribution in [0, 0.1) is 6.92 Å². The molecule has 4 rings (SSSR count). The number of rotatable bonds is 8. The van der Waals surface area contributed by atoms with E-state index in [9.17, 15) is 9.59 Å². The molecule has 1 aliphatic heterocycles. The number of hydrogen-bond acceptors (Lipinski definition) is 6. The fraction of sp³-hybridized carbons (Fsp3) is 0.280. The van der Waals surface area contributed by atoms with Gasteiger partial charge in [-0.15, -0.1) is 0 Å². The molecular formula is C25H26N4O2S2. The number of aryl methyl sites for hydroxylation is 1. The van der Waals surface area contributed by atoms with Gasteiger partial charge in [0.2, 0.25) is 0 Å². The zero-order chi connectivity index (χ0) is 23.4. The lowest BCUT2D eigenvalue weighted by Crippen LogP contribution is -2.29. The highest BCUT2D eigenvalue weighted by Crippen LogP contribution is 2.33. The van der Waals surface area contributed by atoms with E-state index in [2.05, 4.69) is 24.4 Å². The van der Waals surface area contributed by atoms with Crippen molar-refractivity contribution in [1.29, 1.82) is 0 Å². The van der Waals surface area contributed by atoms with E-state index >= 15 is 0 Å². The molecule has 0 bridgehead atoms. The molecule has 170 valence electrons. The average molecular weight is 479 g/mol. The van der Waals surface area contributed by atoms with Crippen molar-refractivity contribution < 1.29 is 4.79 Å². The van der Waals surface area contributed by atoms with Crippen LogP contribution >= 0.6 is 24.0 Å². The Kier molecular flexibility index (Phi) is 7.25. The fourth-order valence-corrected chi connectivity index (χ4v) is 4.98. The van der Waals surface area contributed by atoms with Gasteiger partial charge >= 0.3 is 0 Å². The van der Waals surface area contributed by atoms with Crippen molar-refractivity contribution in [2.24, 2.45) is 0 Å². The first-order chi connectivity index (χ1) is 16.0. The summed E-state index contributed by atoms with van der Waals surface area (Å²) in [7, 11) is 0. The third-order valence-corrected chi connectivity index (χ3v) is 6.90. The zero-order valence-corrected chi connectivity index (χ0v) is 20.3. The van der Waals surface area contributed by atoms with Crippen molar-refractivity contribution in [3.63, 3.8) is 0 Å². The first-order valence-corrected chi connectivity index (χ1v) is 12.3. The maximum absolute atomic E-state index is 13.4. The lowest BCUT2D eigenvalue weighted by Gasteiger charge is -2.13. The number of aromatic nitrogens is 2. The maximum Gasteiger partial charge on any atom is 0.267 e. The van der Waals surface area contributed by atoms with E-state index in [0.29, 0.717) is 39.3 Å². The first kappa shape index (κ1) is 23.2. The molecule has 0 saturated carbocycles. The molecule has 1 aliphatic rings. The SMILES string of the molecule is CCCCN1C(=O)/C(=C\c2c(NCCc3ccccc3)nc3c(C)cccn3c2=O)SC1=S. The summed E-state index contributed by atoms with van der Waals surface area (Å²) in [5.41, 5.74) is 2.83. The minimum atomic E-state index is -0.218. The number of anilines is 1. The van der Waals surface area contributed by atoms with Gasteiger partial charge in [-0.1, -0.05) is 73.7 Å². The Bertz CT molecular complexity index is 1280. The number of nitrogens with zero attached hydrogens (tertiary/aromatic N) is 3. The Morgan fingerprint density at radius 2 is 1.94 bits per heavy atom. The number of fused-ring (bicyclic) bond motifs is 1. The van der Waals surface area contributed by atoms with Crippen molar-refractivity contribution in [3.05, 3.63) is 80.6 Å². The van der Waals surface area contributed by atoms with E-state index in [1.165, 1.54) is 21.7 Å². The second-order valence-electron chi connectivity index (χ2n) is 7.91. The van der Waals surface area contributed by atoms with Crippen LogP contribution in [0.25, 0.3) is 11.7 Å². The molecule has 8 heteroatoms. The van der Waals surface area contributed by atoms with Crippen molar-refractivity contribution in [3.8, 4) is 0 Å². The van der Waals surface area contributed by atoms with Crippen LogP contribution < -0.4 is 10.9 Å². The molecule has 33 heavy (non-hydrogen) atoms. The van der Waals surface area contributed by atoms with Crippen molar-refractivity contribution in [2.75, 3.05) is 18.4 Å². The van der Waals surface area contributed by atoms with Crippen LogP contribution in [0.1, 0.15) is 36.5 Å². The monoisotopic (exact) mass is 478 g/mol. The topological polar surface area (TPSA) is 66.7 Å². The van der Waals surface area contributed by atoms with Gasteiger partial charge in [0.1, 0.15) is 15.8 Å². The van der Waals surface area contributed by atoms with E-state index in [1.54, 1.807) is 17.2 Å². The minimum Gasteiger partial charge on any atom is -0.369 e. The summed E-state index contributed by atoms with van der Waals surface area (Å²) in [6.07, 6.45) is 5.98. The number of pyridine rings is 1. The molecule has 3 heterocycles. The molecule has 0 radical (unpaired) electrons. The fourth-order valence-electron chi connectivity index (χ4n) is 3.69. The summed E-state index contributed by atoms with van der Waals surface area (Å²) in [4.78, 5) is 33.2. The molecule has 1 aromatic carbocycles. The molecule has 3 aromatic rings. The van der Waals surface area contributed by atoms with Gasteiger partial charge in [0.25, 0.3) is 11.5 Å². The van der Waals surface area contributed by atoms with Gasteiger partial charge in [0, 0.05) is 19.3 Å². The Hall–Kier alpha value is -2.97. The third kappa shape index (κ3) is 5.02. The standard InChI is InChI=1S/C25H26N4O2S2/c1-3-4-14-29-24(31)20(33-25(29)32)16-19-21(26-13-12-18-10-6-5-7-11-18)27-22-17(2)9-8-15-28(22)23(19)30/h5-11,15-16,26H,3-4,12-14H2,1-2H3/b20-16+. The number of carbonyl (C=O) groups is 1. The Labute approximate surface area is 202 Å². The predicted octanol–water partition coefficient (Wildman–Crippen LogP) is 4.66. The second-order valence-corrected chi connectivity index (χ2v) is 9.59. The van der Waals surface area contributed by atoms with Crippen LogP contribution in [0.3, 0.4) is 0 Å². The third-order valence-electron chi connectivity index (χ3n) is 5.52. The van der Waals surface area contributed by atoms with Gasteiger partial charge in [0.15, 0.2) is 0 Å². The van der Waals surface area contributed by atoms with Gasteiger partial charge in [-0.25, -0.2) is 4.98 Å². The summed E-state index contributed by atoms with van der Waals surface area (Å²) in [5, 5.41) is 3.33. The predicted molar refractivity (Wildman–Crippen MR) is 140 cm³/mol. The van der Waals surface area contributed by atoms with Crippen LogP contribution in [-0.4, -0.2) is 37.6 Å². The minimum absolute atomic E-state index is 0.151. The Balaban J connectivity index is 1.71. The quantitative estimate of drug-likeness (QED) is 0.375. The molecule has 6 nitrogen and oxygen atoms in total. The summed E-state index contributed by atoms with van der Waals surface area (Å²) in [6, 6.07) is 13.9. The van der Waals surface area contributed by atoms with Crippen LogP contribution in [0.15, 0.2) is 58.4 Å². The largest absolute Gasteiger partial charge is 0.369 e. The van der Waals surface area contributed by atoms with E-state index in [-0.39, 0.29) is 11.5 Å². The number of carbonyl (C=O) groups excluding carboxylic acids is 1. The van der Waals surface area contributed by atoms with E-state index in [0.717, 1.165) is 24.8 Å². The number of nitrogens with one attached hydrogen (secondary N) is 1. The van der Waals surface area contributed by atoms with Gasteiger partial charge in [-0.3, -0.25) is 18.9 Å². The van der Waals surface area contributed by atoms with Crippen molar-refractivity contribution in [1.82, 2.24) is 14.3 Å². The van der Waals surface area contributed by atoms with Gasteiger partial charge in [-0.2, -0.15) is 0 Å². The summed E-state index contributed by atoms with van der Waals surface area (Å²) >= 11 is 6.66. The number of hydrogen-bond donors (Lipinski definition) is 1. The molecule has 0 unspecified atom stereocenters. The summed E-state index contributed by atoms with van der Waals surface area (Å²) in [5.74, 6) is 0.325. The molecule has 0 aliphatic carbocycles. The van der Waals surface area contributed by atoms with E-state index in [1.807, 2.05) is 37.3 Å². The summed E-state index contributed by atoms with van der Waals surface area (Å²) in [6.45, 7) is 5.20. The van der Waals surface area contributed by atoms with Gasteiger partial charge in [-0.05, 0) is 43.0 Å². The number of thioether (sulfide) groups is 1. The van der Waals surface area contributed by atoms with Crippen LogP contribution in [0.4, 0.5) is 5.82 Å². The number of unbranched alkanes of at least 4 members (excludes halogenated alkanes) is 1. The van der Waals surface area contributed by atoms with Gasteiger partial charge in [0.05, 0.1) is 10.5 Å². The lowest BCUT2D eigenvalue weighted by atomic mass is 10.1. The normalized spacial score (nSPS) is 15.1. The Morgan fingerprint density at radius 3 is 2.70 bits per heavy atom. The van der Waals surface area contributed by atoms with Crippen molar-refractivity contribution in [2.45, 2.75) is 33.1 Å². The second kappa shape index (κ2) is 10.3. The van der Waals surface area contributed by atoms with E-state index < -0.39 is 0 Å². The van der Waals surface area contributed by atoms with Crippen LogP contribution in [0.5, 0.6) is 0 Å². The number of amides is 1. The molecule has 1 amide bonds. The highest BCUT2D eigenvalue weighted by atomic mass is 32.2. The maximum atomic E-state index is 13.4. The van der Waals surface area contributed by atoms with Crippen LogP contribution in [-0.2, 0) is 11.2 Å². The smallest absolute Gasteiger partial charge is 0.267 e. The summed E-state index contributed by atoms with van der Waals surface area (Å²) < 4.78 is 2.06. The molecule has 2 aromatic heterocycles. The highest BCUT2D eigenvalue weighted by molar-refractivity contribution is 8.26. The first-order valence-electron chi connectivity index (χ1n) is 11.0. The zero-order valence-electron chi connectivity index (χ0n) is 18.7. The molecular weight excluding hydrogens is 452 g/mol. The average Bonchev–Trinajstić information content (AvgIpc) is 3.08. The van der Waals surface area contributed by atoms with Gasteiger partial charge < -0.3 is 5.32 Å². The molecule has 0 spiro atoms. The number of thiocarbonyl (C=S) groups is 1. The molecule has 1 fully saturated rings. The molecule has 1 saturated heterocycles. The van der Waals surface area contributed by atoms with Crippen molar-refractivity contribution >= 4 is 51.7 Å².